The van der Waals surface area contributed by atoms with Gasteiger partial charge in [-0.15, -0.1) is 0 Å². The van der Waals surface area contributed by atoms with Crippen LogP contribution in [0, 0.1) is 10.8 Å². The Hall–Kier alpha value is -1.11. The fraction of sp³-hybridized carbons (Fsp3) is 0.714. The maximum atomic E-state index is 13.3. The third-order valence-corrected chi connectivity index (χ3v) is 8.18. The average molecular weight is 396 g/mol. The van der Waals surface area contributed by atoms with Gasteiger partial charge in [-0.05, 0) is 64.8 Å². The minimum atomic E-state index is -2.58. The Morgan fingerprint density at radius 1 is 1.30 bits per heavy atom. The van der Waals surface area contributed by atoms with Crippen molar-refractivity contribution in [3.63, 3.8) is 0 Å². The van der Waals surface area contributed by atoms with E-state index in [2.05, 4.69) is 29.7 Å². The summed E-state index contributed by atoms with van der Waals surface area (Å²) < 4.78 is 27.7. The van der Waals surface area contributed by atoms with Crippen LogP contribution < -0.4 is 4.72 Å². The summed E-state index contributed by atoms with van der Waals surface area (Å²) in [4.78, 5) is 12.9. The van der Waals surface area contributed by atoms with Gasteiger partial charge in [0.2, 0.25) is 0 Å². The van der Waals surface area contributed by atoms with Crippen molar-refractivity contribution in [1.82, 2.24) is 4.72 Å². The highest BCUT2D eigenvalue weighted by Crippen LogP contribution is 2.63. The molecule has 3 aliphatic carbocycles. The molecule has 0 aromatic heterocycles. The molecule has 3 unspecified atom stereocenters. The number of nitrogens with one attached hydrogen (secondary N) is 1. The predicted molar refractivity (Wildman–Crippen MR) is 110 cm³/mol. The topological polar surface area (TPSA) is 64.6 Å². The predicted octanol–water partition coefficient (Wildman–Crippen LogP) is 3.36. The Morgan fingerprint density at radius 2 is 1.96 bits per heavy atom. The minimum absolute atomic E-state index is 0.0931. The normalized spacial score (nSPS) is 39.9. The van der Waals surface area contributed by atoms with Crippen molar-refractivity contribution in [3.05, 3.63) is 23.1 Å². The fourth-order valence-corrected chi connectivity index (χ4v) is 6.10. The molecule has 1 N–H and O–H groups in total. The number of carbonyl (C=O) groups excluding carboxylic acids is 1. The third-order valence-electron chi connectivity index (χ3n) is 6.45. The van der Waals surface area contributed by atoms with E-state index in [-0.39, 0.29) is 23.0 Å². The molecule has 0 bridgehead atoms. The van der Waals surface area contributed by atoms with E-state index in [1.165, 1.54) is 0 Å². The lowest BCUT2D eigenvalue weighted by molar-refractivity contribution is -0.156. The summed E-state index contributed by atoms with van der Waals surface area (Å²) in [7, 11) is -2.58. The molecule has 27 heavy (non-hydrogen) atoms. The molecule has 0 heterocycles. The largest absolute Gasteiger partial charge is 0.466 e. The zero-order chi connectivity index (χ0) is 19.9. The van der Waals surface area contributed by atoms with Crippen LogP contribution in [0.25, 0.3) is 0 Å². The van der Waals surface area contributed by atoms with Gasteiger partial charge in [0.1, 0.15) is 0 Å². The number of esters is 1. The number of rotatable bonds is 7. The van der Waals surface area contributed by atoms with Gasteiger partial charge in [0.05, 0.1) is 27.3 Å². The van der Waals surface area contributed by atoms with Crippen LogP contribution >= 0.6 is 0 Å². The Morgan fingerprint density at radius 3 is 2.52 bits per heavy atom. The van der Waals surface area contributed by atoms with E-state index in [0.29, 0.717) is 13.2 Å². The van der Waals surface area contributed by atoms with Gasteiger partial charge in [0.15, 0.2) is 0 Å². The first-order chi connectivity index (χ1) is 12.6. The lowest BCUT2D eigenvalue weighted by Crippen LogP contribution is -2.43. The highest BCUT2D eigenvalue weighted by Gasteiger charge is 2.64. The summed E-state index contributed by atoms with van der Waals surface area (Å²) in [5.41, 5.74) is -0.754. The molecule has 0 radical (unpaired) electrons. The molecule has 3 rings (SSSR count). The van der Waals surface area contributed by atoms with E-state index in [4.69, 9.17) is 9.47 Å². The van der Waals surface area contributed by atoms with Crippen LogP contribution in [0.4, 0.5) is 0 Å². The van der Waals surface area contributed by atoms with Crippen molar-refractivity contribution in [1.29, 1.82) is 0 Å². The maximum Gasteiger partial charge on any atom is 0.311 e. The van der Waals surface area contributed by atoms with E-state index >= 15 is 0 Å². The first-order valence-electron chi connectivity index (χ1n) is 9.97. The summed E-state index contributed by atoms with van der Waals surface area (Å²) in [5, 5.41) is 0. The molecule has 2 saturated carbocycles. The maximum absolute atomic E-state index is 13.3. The van der Waals surface area contributed by atoms with Crippen LogP contribution in [0.5, 0.6) is 0 Å². The van der Waals surface area contributed by atoms with Crippen LogP contribution in [-0.2, 0) is 24.0 Å². The summed E-state index contributed by atoms with van der Waals surface area (Å²) in [5.74, 6) is 3.89. The second-order valence-electron chi connectivity index (χ2n) is 8.65. The first-order valence-corrected chi connectivity index (χ1v) is 11.7. The van der Waals surface area contributed by atoms with Gasteiger partial charge in [-0.25, -0.2) is 8.93 Å². The van der Waals surface area contributed by atoms with Crippen LogP contribution in [0.1, 0.15) is 59.8 Å². The fourth-order valence-electron chi connectivity index (χ4n) is 4.45. The van der Waals surface area contributed by atoms with E-state index in [1.54, 1.807) is 0 Å². The Kier molecular flexibility index (Phi) is 5.38. The molecule has 0 aromatic carbocycles. The van der Waals surface area contributed by atoms with Crippen LogP contribution in [0.15, 0.2) is 23.1 Å². The number of fused-ring (bicyclic) bond motifs is 1. The zero-order valence-corrected chi connectivity index (χ0v) is 17.8. The van der Waals surface area contributed by atoms with Crippen LogP contribution in [-0.4, -0.2) is 40.9 Å². The molecule has 0 saturated heterocycles. The van der Waals surface area contributed by atoms with Crippen molar-refractivity contribution < 1.29 is 18.5 Å². The quantitative estimate of drug-likeness (QED) is 0.530. The molecule has 2 fully saturated rings. The summed E-state index contributed by atoms with van der Waals surface area (Å²) >= 11 is 0. The molecule has 3 aliphatic rings. The number of hydrogen-bond acceptors (Lipinski definition) is 4. The third kappa shape index (κ3) is 3.76. The van der Waals surface area contributed by atoms with E-state index in [0.717, 1.165) is 37.0 Å². The average Bonchev–Trinajstić information content (AvgIpc) is 3.22. The molecule has 152 valence electrons. The van der Waals surface area contributed by atoms with Gasteiger partial charge >= 0.3 is 5.97 Å². The van der Waals surface area contributed by atoms with Crippen LogP contribution in [0.3, 0.4) is 0 Å². The van der Waals surface area contributed by atoms with Gasteiger partial charge in [-0.2, -0.15) is 0 Å². The van der Waals surface area contributed by atoms with Crippen molar-refractivity contribution in [2.24, 2.45) is 10.8 Å². The molecular weight excluding hydrogens is 362 g/mol. The van der Waals surface area contributed by atoms with Crippen molar-refractivity contribution in [2.45, 2.75) is 71.4 Å². The molecule has 0 aliphatic heterocycles. The Bertz CT molecular complexity index is 761. The second kappa shape index (κ2) is 7.05. The molecule has 5 nitrogen and oxygen atoms in total. The molecule has 0 spiro atoms. The second-order valence-corrected chi connectivity index (χ2v) is 10.7. The zero-order valence-electron chi connectivity index (χ0n) is 17.0. The summed E-state index contributed by atoms with van der Waals surface area (Å²) in [6.07, 6.45) is 10.0. The van der Waals surface area contributed by atoms with Gasteiger partial charge in [0, 0.05) is 23.0 Å². The Labute approximate surface area is 163 Å². The van der Waals surface area contributed by atoms with E-state index in [1.807, 2.05) is 26.8 Å². The standard InChI is InChI=1S/C21H33NO4S/c1-6-25-18(23)19(3)11-8-16(9-12-19)22-27(5,24)17-10-13-21(26-7-2)15-20(21,4)14-17/h10,13-14,16H,5-9,11-12,15H2,1-4H3,(H,22,24). The van der Waals surface area contributed by atoms with Gasteiger partial charge in [-0.3, -0.25) is 4.79 Å². The number of ether oxygens (including phenoxy) is 2. The van der Waals surface area contributed by atoms with Crippen molar-refractivity contribution >= 4 is 21.5 Å². The smallest absolute Gasteiger partial charge is 0.311 e. The molecular formula is C21H33NO4S. The number of allylic oxidation sites excluding steroid dienone is 1. The van der Waals surface area contributed by atoms with Crippen LogP contribution in [0.2, 0.25) is 0 Å². The highest BCUT2D eigenvalue weighted by atomic mass is 32.2. The first kappa shape index (κ1) is 20.6. The SMILES string of the molecule is C=S(=O)(NC1CCC(C)(C(=O)OCC)CC1)C1=CC2(C)CC2(OCC)C=C1. The minimum Gasteiger partial charge on any atom is -0.466 e. The van der Waals surface area contributed by atoms with E-state index in [9.17, 15) is 9.00 Å². The lowest BCUT2D eigenvalue weighted by atomic mass is 9.74. The molecule has 0 aromatic rings. The molecule has 6 heteroatoms. The lowest BCUT2D eigenvalue weighted by Gasteiger charge is -2.36. The monoisotopic (exact) mass is 395 g/mol. The van der Waals surface area contributed by atoms with Gasteiger partial charge in [-0.1, -0.05) is 19.1 Å². The Balaban J connectivity index is 1.62. The number of hydrogen-bond donors (Lipinski definition) is 1. The van der Waals surface area contributed by atoms with Crippen molar-refractivity contribution in [3.8, 4) is 0 Å². The highest BCUT2D eigenvalue weighted by molar-refractivity contribution is 8.02. The van der Waals surface area contributed by atoms with Gasteiger partial charge < -0.3 is 9.47 Å². The van der Waals surface area contributed by atoms with Gasteiger partial charge in [0.25, 0.3) is 0 Å². The van der Waals surface area contributed by atoms with E-state index < -0.39 is 15.1 Å². The molecule has 3 atom stereocenters. The summed E-state index contributed by atoms with van der Waals surface area (Å²) in [6.45, 7) is 9.02. The van der Waals surface area contributed by atoms with Crippen molar-refractivity contribution in [2.75, 3.05) is 13.2 Å². The molecule has 0 amide bonds. The summed E-state index contributed by atoms with van der Waals surface area (Å²) in [6, 6.07) is 0.0948. The number of carbonyl (C=O) groups is 1.